The third-order valence-corrected chi connectivity index (χ3v) is 3.75. The Morgan fingerprint density at radius 1 is 1.09 bits per heavy atom. The summed E-state index contributed by atoms with van der Waals surface area (Å²) in [7, 11) is 0. The van der Waals surface area contributed by atoms with Gasteiger partial charge in [0.2, 0.25) is 0 Å². The van der Waals surface area contributed by atoms with Gasteiger partial charge in [-0.25, -0.2) is 0 Å². The molecule has 4 nitrogen and oxygen atoms in total. The lowest BCUT2D eigenvalue weighted by Crippen LogP contribution is -2.02. The molecule has 0 aliphatic rings. The Hall–Kier alpha value is -3.32. The number of nitrogens with two attached hydrogens (primary N) is 1. The Balaban J connectivity index is 2.12. The van der Waals surface area contributed by atoms with Crippen LogP contribution in [0.5, 0.6) is 0 Å². The van der Waals surface area contributed by atoms with Crippen LogP contribution in [-0.4, -0.2) is 10.4 Å². The maximum absolute atomic E-state index is 12.7. The smallest absolute Gasteiger partial charge is 0.195 e. The first kappa shape index (κ1) is 14.6. The Bertz CT molecular complexity index is 900. The predicted molar refractivity (Wildman–Crippen MR) is 89.5 cm³/mol. The Kier molecular flexibility index (Phi) is 3.70. The molecular weight excluding hydrogens is 286 g/mol. The molecule has 2 aromatic carbocycles. The highest BCUT2D eigenvalue weighted by atomic mass is 16.1. The minimum absolute atomic E-state index is 0.208. The molecular formula is C19H15N3O. The van der Waals surface area contributed by atoms with E-state index in [-0.39, 0.29) is 17.2 Å². The van der Waals surface area contributed by atoms with Gasteiger partial charge in [-0.15, -0.1) is 0 Å². The average Bonchev–Trinajstić information content (AvgIpc) is 2.92. The average molecular weight is 301 g/mol. The Morgan fingerprint density at radius 3 is 2.35 bits per heavy atom. The van der Waals surface area contributed by atoms with Gasteiger partial charge in [-0.05, 0) is 19.1 Å². The number of benzene rings is 2. The molecule has 0 fully saturated rings. The second-order valence-corrected chi connectivity index (χ2v) is 5.32. The van der Waals surface area contributed by atoms with Gasteiger partial charge in [0.05, 0.1) is 5.56 Å². The van der Waals surface area contributed by atoms with Crippen molar-refractivity contribution in [2.75, 3.05) is 5.73 Å². The van der Waals surface area contributed by atoms with Crippen LogP contribution >= 0.6 is 0 Å². The molecule has 0 saturated carbocycles. The number of carbonyl (C=O) groups excluding carboxylic acids is 1. The number of rotatable bonds is 3. The maximum Gasteiger partial charge on any atom is 0.195 e. The molecule has 0 radical (unpaired) electrons. The van der Waals surface area contributed by atoms with Crippen molar-refractivity contribution < 1.29 is 4.79 Å². The lowest BCUT2D eigenvalue weighted by Gasteiger charge is -2.05. The SMILES string of the molecule is Cc1ccc(-n2cc(C(=O)c3ccccc3)c(C#N)c2N)cc1. The maximum atomic E-state index is 12.7. The van der Waals surface area contributed by atoms with E-state index in [1.54, 1.807) is 35.0 Å². The van der Waals surface area contributed by atoms with E-state index >= 15 is 0 Å². The van der Waals surface area contributed by atoms with Crippen molar-refractivity contribution in [2.24, 2.45) is 0 Å². The molecule has 0 aliphatic heterocycles. The molecule has 3 rings (SSSR count). The summed E-state index contributed by atoms with van der Waals surface area (Å²) in [6, 6.07) is 18.7. The lowest BCUT2D eigenvalue weighted by atomic mass is 10.0. The molecule has 4 heteroatoms. The molecule has 0 amide bonds. The van der Waals surface area contributed by atoms with Gasteiger partial charge >= 0.3 is 0 Å². The van der Waals surface area contributed by atoms with Crippen LogP contribution in [0.25, 0.3) is 5.69 Å². The van der Waals surface area contributed by atoms with Crippen molar-refractivity contribution in [3.05, 3.63) is 83.0 Å². The number of hydrogen-bond donors (Lipinski definition) is 1. The van der Waals surface area contributed by atoms with Crippen molar-refractivity contribution in [1.29, 1.82) is 5.26 Å². The molecule has 0 saturated heterocycles. The summed E-state index contributed by atoms with van der Waals surface area (Å²) in [5.41, 5.74) is 9.09. The van der Waals surface area contributed by atoms with Crippen LogP contribution in [-0.2, 0) is 0 Å². The van der Waals surface area contributed by atoms with E-state index in [1.165, 1.54) is 0 Å². The topological polar surface area (TPSA) is 71.8 Å². The van der Waals surface area contributed by atoms with Gasteiger partial charge in [0, 0.05) is 17.4 Å². The molecule has 0 bridgehead atoms. The molecule has 23 heavy (non-hydrogen) atoms. The van der Waals surface area contributed by atoms with Crippen LogP contribution in [0.2, 0.25) is 0 Å². The number of anilines is 1. The van der Waals surface area contributed by atoms with Crippen molar-refractivity contribution in [3.63, 3.8) is 0 Å². The number of aryl methyl sites for hydroxylation is 1. The molecule has 0 unspecified atom stereocenters. The summed E-state index contributed by atoms with van der Waals surface area (Å²) in [5, 5.41) is 9.40. The fraction of sp³-hybridized carbons (Fsp3) is 0.0526. The molecule has 112 valence electrons. The van der Waals surface area contributed by atoms with E-state index in [4.69, 9.17) is 5.73 Å². The molecule has 0 aliphatic carbocycles. The third-order valence-electron chi connectivity index (χ3n) is 3.75. The van der Waals surface area contributed by atoms with Gasteiger partial charge in [0.1, 0.15) is 17.5 Å². The monoisotopic (exact) mass is 301 g/mol. The fourth-order valence-electron chi connectivity index (χ4n) is 2.48. The van der Waals surface area contributed by atoms with Crippen LogP contribution in [0.3, 0.4) is 0 Å². The zero-order valence-electron chi connectivity index (χ0n) is 12.7. The lowest BCUT2D eigenvalue weighted by molar-refractivity contribution is 0.103. The van der Waals surface area contributed by atoms with Gasteiger partial charge in [-0.1, -0.05) is 48.0 Å². The first-order valence-corrected chi connectivity index (χ1v) is 7.19. The van der Waals surface area contributed by atoms with Gasteiger partial charge in [0.15, 0.2) is 5.78 Å². The first-order chi connectivity index (χ1) is 11.1. The highest BCUT2D eigenvalue weighted by molar-refractivity contribution is 6.11. The number of nitrogens with zero attached hydrogens (tertiary/aromatic N) is 2. The second kappa shape index (κ2) is 5.82. The number of ketones is 1. The molecule has 2 N–H and O–H groups in total. The normalized spacial score (nSPS) is 10.3. The minimum atomic E-state index is -0.209. The summed E-state index contributed by atoms with van der Waals surface area (Å²) in [6.45, 7) is 1.99. The van der Waals surface area contributed by atoms with E-state index in [0.717, 1.165) is 11.3 Å². The summed E-state index contributed by atoms with van der Waals surface area (Å²) < 4.78 is 1.67. The predicted octanol–water partition coefficient (Wildman–Crippen LogP) is 3.47. The highest BCUT2D eigenvalue weighted by Crippen LogP contribution is 2.25. The van der Waals surface area contributed by atoms with E-state index < -0.39 is 0 Å². The van der Waals surface area contributed by atoms with E-state index in [1.807, 2.05) is 43.3 Å². The van der Waals surface area contributed by atoms with Crippen molar-refractivity contribution in [3.8, 4) is 11.8 Å². The van der Waals surface area contributed by atoms with Crippen molar-refractivity contribution in [1.82, 2.24) is 4.57 Å². The summed E-state index contributed by atoms with van der Waals surface area (Å²) in [4.78, 5) is 12.7. The number of carbonyl (C=O) groups is 1. The number of nitriles is 1. The molecule has 1 aromatic heterocycles. The van der Waals surface area contributed by atoms with Crippen LogP contribution in [0.4, 0.5) is 5.82 Å². The Morgan fingerprint density at radius 2 is 1.74 bits per heavy atom. The molecule has 3 aromatic rings. The number of aromatic nitrogens is 1. The summed E-state index contributed by atoms with van der Waals surface area (Å²) >= 11 is 0. The zero-order valence-corrected chi connectivity index (χ0v) is 12.7. The zero-order chi connectivity index (χ0) is 16.4. The van der Waals surface area contributed by atoms with Crippen molar-refractivity contribution in [2.45, 2.75) is 6.92 Å². The molecule has 0 atom stereocenters. The van der Waals surface area contributed by atoms with Gasteiger partial charge in [-0.2, -0.15) is 5.26 Å². The van der Waals surface area contributed by atoms with Gasteiger partial charge in [0.25, 0.3) is 0 Å². The van der Waals surface area contributed by atoms with Crippen LogP contribution in [0, 0.1) is 18.3 Å². The van der Waals surface area contributed by atoms with E-state index in [2.05, 4.69) is 0 Å². The first-order valence-electron chi connectivity index (χ1n) is 7.19. The minimum Gasteiger partial charge on any atom is -0.384 e. The highest BCUT2D eigenvalue weighted by Gasteiger charge is 2.21. The van der Waals surface area contributed by atoms with Crippen LogP contribution < -0.4 is 5.73 Å². The largest absolute Gasteiger partial charge is 0.384 e. The van der Waals surface area contributed by atoms with Crippen molar-refractivity contribution >= 4 is 11.6 Å². The second-order valence-electron chi connectivity index (χ2n) is 5.32. The fourth-order valence-corrected chi connectivity index (χ4v) is 2.48. The summed E-state index contributed by atoms with van der Waals surface area (Å²) in [6.07, 6.45) is 1.63. The quantitative estimate of drug-likeness (QED) is 0.753. The summed E-state index contributed by atoms with van der Waals surface area (Å²) in [5.74, 6) is 0.0651. The van der Waals surface area contributed by atoms with E-state index in [9.17, 15) is 10.1 Å². The van der Waals surface area contributed by atoms with Crippen LogP contribution in [0.15, 0.2) is 60.8 Å². The third kappa shape index (κ3) is 2.60. The number of nitrogen functional groups attached to an aromatic ring is 1. The van der Waals surface area contributed by atoms with Gasteiger partial charge in [-0.3, -0.25) is 4.79 Å². The standard InChI is InChI=1S/C19H15N3O/c1-13-7-9-15(10-8-13)22-12-17(16(11-20)19(22)21)18(23)14-5-3-2-4-6-14/h2-10,12H,21H2,1H3. The molecule has 0 spiro atoms. The Labute approximate surface area is 134 Å². The molecule has 1 heterocycles. The van der Waals surface area contributed by atoms with Gasteiger partial charge < -0.3 is 10.3 Å². The van der Waals surface area contributed by atoms with E-state index in [0.29, 0.717) is 11.1 Å². The number of hydrogen-bond acceptors (Lipinski definition) is 3. The van der Waals surface area contributed by atoms with Crippen LogP contribution in [0.1, 0.15) is 27.0 Å².